The van der Waals surface area contributed by atoms with Crippen LogP contribution in [0, 0.1) is 0 Å². The second kappa shape index (κ2) is 8.25. The van der Waals surface area contributed by atoms with Crippen LogP contribution < -0.4 is 4.90 Å². The molecule has 6 nitrogen and oxygen atoms in total. The van der Waals surface area contributed by atoms with Gasteiger partial charge in [-0.3, -0.25) is 9.59 Å². The highest BCUT2D eigenvalue weighted by Crippen LogP contribution is 2.41. The van der Waals surface area contributed by atoms with Crippen LogP contribution in [0.25, 0.3) is 0 Å². The fraction of sp³-hybridized carbons (Fsp3) is 0.318. The van der Waals surface area contributed by atoms with Gasteiger partial charge in [0, 0.05) is 24.7 Å². The Kier molecular flexibility index (Phi) is 5.78. The molecule has 1 atom stereocenters. The number of benzene rings is 2. The van der Waals surface area contributed by atoms with Gasteiger partial charge in [-0.15, -0.1) is 0 Å². The van der Waals surface area contributed by atoms with Crippen LogP contribution in [-0.2, 0) is 25.7 Å². The first-order valence-electron chi connectivity index (χ1n) is 9.25. The topological polar surface area (TPSA) is 72.9 Å². The Bertz CT molecular complexity index is 880. The molecule has 1 heterocycles. The number of likely N-dealkylation sites (N-methyl/N-ethyl adjacent to an activating group) is 1. The molecule has 0 saturated heterocycles. The summed E-state index contributed by atoms with van der Waals surface area (Å²) in [6, 6.07) is 16.3. The first-order valence-corrected chi connectivity index (χ1v) is 9.25. The molecule has 0 saturated carbocycles. The fourth-order valence-corrected chi connectivity index (χ4v) is 3.50. The minimum atomic E-state index is -1.55. The second-order valence-electron chi connectivity index (χ2n) is 6.63. The third kappa shape index (κ3) is 3.50. The molecule has 0 radical (unpaired) electrons. The SMILES string of the molecule is CCOC(=O)C1(CCC(=O)OCc2ccccc2)C(=O)c2ccccc2N1C. The highest BCUT2D eigenvalue weighted by atomic mass is 16.5. The number of ketones is 1. The monoisotopic (exact) mass is 381 g/mol. The maximum atomic E-state index is 13.1. The minimum absolute atomic E-state index is 0.0104. The van der Waals surface area contributed by atoms with Crippen molar-refractivity contribution in [3.8, 4) is 0 Å². The molecule has 3 rings (SSSR count). The molecule has 0 aliphatic carbocycles. The largest absolute Gasteiger partial charge is 0.464 e. The van der Waals surface area contributed by atoms with Crippen molar-refractivity contribution in [2.24, 2.45) is 0 Å². The van der Waals surface area contributed by atoms with E-state index < -0.39 is 17.5 Å². The van der Waals surface area contributed by atoms with Crippen LogP contribution in [-0.4, -0.2) is 36.9 Å². The molecule has 0 spiro atoms. The van der Waals surface area contributed by atoms with Gasteiger partial charge in [0.25, 0.3) is 0 Å². The van der Waals surface area contributed by atoms with E-state index in [1.54, 1.807) is 43.1 Å². The van der Waals surface area contributed by atoms with E-state index in [0.29, 0.717) is 11.3 Å². The summed E-state index contributed by atoms with van der Waals surface area (Å²) >= 11 is 0. The quantitative estimate of drug-likeness (QED) is 0.542. The van der Waals surface area contributed by atoms with Crippen molar-refractivity contribution in [3.63, 3.8) is 0 Å². The molecule has 1 aliphatic heterocycles. The van der Waals surface area contributed by atoms with Gasteiger partial charge in [-0.1, -0.05) is 42.5 Å². The molecule has 0 fully saturated rings. The second-order valence-corrected chi connectivity index (χ2v) is 6.63. The summed E-state index contributed by atoms with van der Waals surface area (Å²) in [5, 5.41) is 0. The molecule has 6 heteroatoms. The van der Waals surface area contributed by atoms with E-state index in [1.807, 2.05) is 30.3 Å². The maximum Gasteiger partial charge on any atom is 0.340 e. The molecule has 146 valence electrons. The Hall–Kier alpha value is -3.15. The lowest BCUT2D eigenvalue weighted by Crippen LogP contribution is -2.56. The van der Waals surface area contributed by atoms with Crippen LogP contribution in [0.15, 0.2) is 54.6 Å². The highest BCUT2D eigenvalue weighted by molar-refractivity contribution is 6.25. The van der Waals surface area contributed by atoms with Crippen molar-refractivity contribution in [1.29, 1.82) is 0 Å². The highest BCUT2D eigenvalue weighted by Gasteiger charge is 2.56. The van der Waals surface area contributed by atoms with Gasteiger partial charge >= 0.3 is 11.9 Å². The van der Waals surface area contributed by atoms with Crippen molar-refractivity contribution >= 4 is 23.4 Å². The third-order valence-corrected chi connectivity index (χ3v) is 5.00. The third-order valence-electron chi connectivity index (χ3n) is 5.00. The summed E-state index contributed by atoms with van der Waals surface area (Å²) < 4.78 is 10.5. The van der Waals surface area contributed by atoms with Gasteiger partial charge in [-0.25, -0.2) is 4.79 Å². The molecule has 0 amide bonds. The average molecular weight is 381 g/mol. The molecule has 1 unspecified atom stereocenters. The van der Waals surface area contributed by atoms with Crippen LogP contribution >= 0.6 is 0 Å². The summed E-state index contributed by atoms with van der Waals surface area (Å²) in [5.41, 5.74) is 0.428. The van der Waals surface area contributed by atoms with E-state index in [1.165, 1.54) is 0 Å². The number of para-hydroxylation sites is 1. The predicted octanol–water partition coefficient (Wildman–Crippen LogP) is 3.14. The zero-order valence-electron chi connectivity index (χ0n) is 16.0. The number of fused-ring (bicyclic) bond motifs is 1. The van der Waals surface area contributed by atoms with Crippen molar-refractivity contribution in [2.75, 3.05) is 18.6 Å². The molecule has 0 bridgehead atoms. The van der Waals surface area contributed by atoms with Gasteiger partial charge in [-0.05, 0) is 31.0 Å². The Morgan fingerprint density at radius 3 is 2.36 bits per heavy atom. The van der Waals surface area contributed by atoms with Gasteiger partial charge in [0.1, 0.15) is 6.61 Å². The number of Topliss-reactive ketones (excluding diaryl/α,β-unsaturated/α-hetero) is 1. The molecule has 1 aliphatic rings. The Labute approximate surface area is 164 Å². The zero-order valence-corrected chi connectivity index (χ0v) is 16.0. The first-order chi connectivity index (χ1) is 13.5. The molecule has 0 N–H and O–H groups in total. The van der Waals surface area contributed by atoms with Crippen molar-refractivity contribution in [2.45, 2.75) is 31.9 Å². The van der Waals surface area contributed by atoms with Crippen LogP contribution in [0.5, 0.6) is 0 Å². The Balaban J connectivity index is 1.76. The summed E-state index contributed by atoms with van der Waals surface area (Å²) in [6.45, 7) is 1.99. The van der Waals surface area contributed by atoms with Gasteiger partial charge in [0.2, 0.25) is 11.3 Å². The lowest BCUT2D eigenvalue weighted by molar-refractivity contribution is -0.149. The van der Waals surface area contributed by atoms with Gasteiger partial charge in [0.05, 0.1) is 6.61 Å². The first kappa shape index (κ1) is 19.6. The lowest BCUT2D eigenvalue weighted by atomic mass is 9.87. The van der Waals surface area contributed by atoms with Crippen LogP contribution in [0.2, 0.25) is 0 Å². The van der Waals surface area contributed by atoms with E-state index in [2.05, 4.69) is 0 Å². The van der Waals surface area contributed by atoms with E-state index >= 15 is 0 Å². The van der Waals surface area contributed by atoms with Gasteiger partial charge in [-0.2, -0.15) is 0 Å². The molecule has 2 aromatic rings. The van der Waals surface area contributed by atoms with Gasteiger partial charge in [0.15, 0.2) is 0 Å². The van der Waals surface area contributed by atoms with Crippen LogP contribution in [0.4, 0.5) is 5.69 Å². The normalized spacial score (nSPS) is 17.9. The van der Waals surface area contributed by atoms with E-state index in [0.717, 1.165) is 5.56 Å². The Morgan fingerprint density at radius 2 is 1.68 bits per heavy atom. The number of hydrogen-bond acceptors (Lipinski definition) is 6. The average Bonchev–Trinajstić information content (AvgIpc) is 2.94. The summed E-state index contributed by atoms with van der Waals surface area (Å²) in [4.78, 5) is 39.9. The van der Waals surface area contributed by atoms with Gasteiger partial charge < -0.3 is 14.4 Å². The summed E-state index contributed by atoms with van der Waals surface area (Å²) in [5.74, 6) is -1.46. The summed E-state index contributed by atoms with van der Waals surface area (Å²) in [7, 11) is 1.68. The number of anilines is 1. The Morgan fingerprint density at radius 1 is 1.00 bits per heavy atom. The fourth-order valence-electron chi connectivity index (χ4n) is 3.50. The molecule has 0 aromatic heterocycles. The number of nitrogens with zero attached hydrogens (tertiary/aromatic N) is 1. The molecular formula is C22H23NO5. The van der Waals surface area contributed by atoms with E-state index in [9.17, 15) is 14.4 Å². The molecule has 28 heavy (non-hydrogen) atoms. The zero-order chi connectivity index (χ0) is 20.1. The maximum absolute atomic E-state index is 13.1. The number of rotatable bonds is 7. The number of hydrogen-bond donors (Lipinski definition) is 0. The van der Waals surface area contributed by atoms with Crippen LogP contribution in [0.1, 0.15) is 35.7 Å². The molecular weight excluding hydrogens is 358 g/mol. The van der Waals surface area contributed by atoms with Crippen molar-refractivity contribution in [3.05, 3.63) is 65.7 Å². The predicted molar refractivity (Wildman–Crippen MR) is 104 cm³/mol. The van der Waals surface area contributed by atoms with Crippen molar-refractivity contribution < 1.29 is 23.9 Å². The number of carbonyl (C=O) groups excluding carboxylic acids is 3. The van der Waals surface area contributed by atoms with Crippen molar-refractivity contribution in [1.82, 2.24) is 0 Å². The smallest absolute Gasteiger partial charge is 0.340 e. The summed E-state index contributed by atoms with van der Waals surface area (Å²) in [6.07, 6.45) is -0.0841. The molecule has 2 aromatic carbocycles. The van der Waals surface area contributed by atoms with Crippen LogP contribution in [0.3, 0.4) is 0 Å². The minimum Gasteiger partial charge on any atom is -0.464 e. The number of ether oxygens (including phenoxy) is 2. The number of carbonyl (C=O) groups is 3. The van der Waals surface area contributed by atoms with E-state index in [4.69, 9.17) is 9.47 Å². The standard InChI is InChI=1S/C22H23NO5/c1-3-27-21(26)22(20(25)17-11-7-8-12-18(17)23(22)2)14-13-19(24)28-15-16-9-5-4-6-10-16/h4-12H,3,13-15H2,1-2H3. The van der Waals surface area contributed by atoms with E-state index in [-0.39, 0.29) is 31.8 Å². The lowest BCUT2D eigenvalue weighted by Gasteiger charge is -2.33. The number of esters is 2.